The Labute approximate surface area is 343 Å². The van der Waals surface area contributed by atoms with Gasteiger partial charge in [-0.25, -0.2) is 0 Å². The van der Waals surface area contributed by atoms with E-state index in [4.69, 9.17) is 4.43 Å². The first kappa shape index (κ1) is 49.1. The van der Waals surface area contributed by atoms with Crippen LogP contribution in [0, 0.1) is 23.7 Å². The third-order valence-corrected chi connectivity index (χ3v) is 19.4. The van der Waals surface area contributed by atoms with Crippen molar-refractivity contribution < 1.29 is 18.1 Å². The Morgan fingerprint density at radius 3 is 1.38 bits per heavy atom. The van der Waals surface area contributed by atoms with Crippen LogP contribution in [0.3, 0.4) is 0 Å². The van der Waals surface area contributed by atoms with Crippen LogP contribution in [0.1, 0.15) is 112 Å². The molecule has 0 fully saturated rings. The van der Waals surface area contributed by atoms with E-state index < -0.39 is 16.7 Å². The quantitative estimate of drug-likeness (QED) is 0.0482. The van der Waals surface area contributed by atoms with Gasteiger partial charge in [0, 0.05) is 30.8 Å². The van der Waals surface area contributed by atoms with Gasteiger partial charge in [-0.2, -0.15) is 0 Å². The third kappa shape index (κ3) is 23.2. The van der Waals surface area contributed by atoms with E-state index in [1.165, 1.54) is 30.1 Å². The second-order valence-corrected chi connectivity index (χ2v) is 25.3. The van der Waals surface area contributed by atoms with E-state index >= 15 is 4.11 Å². The zero-order chi connectivity index (χ0) is 41.2. The molecule has 312 valence electrons. The van der Waals surface area contributed by atoms with Crippen molar-refractivity contribution in [3.8, 4) is 0 Å². The van der Waals surface area contributed by atoms with Crippen LogP contribution in [0.5, 0.6) is 0 Å². The van der Waals surface area contributed by atoms with E-state index in [1.807, 2.05) is 60.7 Å². The molecule has 0 aliphatic heterocycles. The first-order valence-corrected chi connectivity index (χ1v) is 26.8. The van der Waals surface area contributed by atoms with Crippen molar-refractivity contribution in [2.45, 2.75) is 149 Å². The highest BCUT2D eigenvalue weighted by molar-refractivity contribution is 6.74. The molecule has 0 bridgehead atoms. The fourth-order valence-electron chi connectivity index (χ4n) is 8.03. The Morgan fingerprint density at radius 2 is 0.946 bits per heavy atom. The molecule has 3 rings (SSSR count). The van der Waals surface area contributed by atoms with Gasteiger partial charge in [0.1, 0.15) is 0 Å². The number of nitrogens with one attached hydrogen (secondary N) is 2. The van der Waals surface area contributed by atoms with Gasteiger partial charge in [0.2, 0.25) is 20.2 Å². The molecule has 2 N–H and O–H groups in total. The molecule has 3 aromatic carbocycles. The van der Waals surface area contributed by atoms with Crippen LogP contribution in [0.15, 0.2) is 91.0 Å². The first-order valence-electron chi connectivity index (χ1n) is 21.8. The number of rotatable bonds is 26. The molecule has 0 saturated heterocycles. The molecule has 8 heteroatoms. The van der Waals surface area contributed by atoms with Crippen molar-refractivity contribution in [1.29, 1.82) is 0 Å². The maximum atomic E-state index is 15.2. The summed E-state index contributed by atoms with van der Waals surface area (Å²) in [4.78, 5) is 24.2. The summed E-state index contributed by atoms with van der Waals surface area (Å²) in [7, 11) is -4.48. The molecule has 0 aliphatic rings. The molecular formula is C48H77FN2O3Si2. The van der Waals surface area contributed by atoms with E-state index in [0.29, 0.717) is 42.6 Å². The molecule has 0 unspecified atom stereocenters. The Hall–Kier alpha value is -3.08. The van der Waals surface area contributed by atoms with Gasteiger partial charge in [0.05, 0.1) is 0 Å². The van der Waals surface area contributed by atoms with Crippen molar-refractivity contribution in [3.05, 3.63) is 96.6 Å². The van der Waals surface area contributed by atoms with Crippen molar-refractivity contribution in [2.24, 2.45) is 23.7 Å². The normalized spacial score (nSPS) is 11.9. The molecule has 5 nitrogen and oxygen atoms in total. The number of halogens is 1. The summed E-state index contributed by atoms with van der Waals surface area (Å²) in [6.45, 7) is 18.6. The first-order chi connectivity index (χ1) is 26.7. The maximum Gasteiger partial charge on any atom is 0.247 e. The number of amides is 2. The lowest BCUT2D eigenvalue weighted by molar-refractivity contribution is -0.117. The van der Waals surface area contributed by atoms with Crippen molar-refractivity contribution in [2.75, 3.05) is 17.2 Å². The molecule has 0 saturated carbocycles. The molecule has 3 aromatic rings. The number of hydrogen-bond donors (Lipinski definition) is 2. The fourth-order valence-corrected chi connectivity index (χ4v) is 17.8. The SMILES string of the molecule is CC(C)C[Si](CCCCC(=O)Nc1ccccc1)(CC(C)C)OCCCCc1ccccc1.CC(C)C[Si](F)(CCCCC(=O)Nc1ccccc1)CC(C)C. The summed E-state index contributed by atoms with van der Waals surface area (Å²) in [5, 5.41) is 5.89. The summed E-state index contributed by atoms with van der Waals surface area (Å²) >= 11 is 0. The van der Waals surface area contributed by atoms with Gasteiger partial charge in [0.25, 0.3) is 0 Å². The Kier molecular flexibility index (Phi) is 24.1. The number of hydrogen-bond acceptors (Lipinski definition) is 3. The fraction of sp³-hybridized carbons (Fsp3) is 0.583. The second kappa shape index (κ2) is 27.5. The molecule has 0 aromatic heterocycles. The van der Waals surface area contributed by atoms with Crippen LogP contribution in [-0.4, -0.2) is 35.1 Å². The average molecular weight is 805 g/mol. The van der Waals surface area contributed by atoms with Gasteiger partial charge < -0.3 is 19.2 Å². The van der Waals surface area contributed by atoms with Crippen LogP contribution < -0.4 is 10.6 Å². The molecule has 0 spiro atoms. The summed E-state index contributed by atoms with van der Waals surface area (Å²) in [6, 6.07) is 35.8. The number of unbranched alkanes of at least 4 members (excludes halogenated alkanes) is 3. The van der Waals surface area contributed by atoms with Gasteiger partial charge >= 0.3 is 0 Å². The topological polar surface area (TPSA) is 67.4 Å². The van der Waals surface area contributed by atoms with E-state index in [0.717, 1.165) is 68.6 Å². The zero-order valence-electron chi connectivity index (χ0n) is 36.4. The van der Waals surface area contributed by atoms with Crippen LogP contribution in [0.25, 0.3) is 0 Å². The molecule has 56 heavy (non-hydrogen) atoms. The van der Waals surface area contributed by atoms with E-state index in [1.54, 1.807) is 0 Å². The average Bonchev–Trinajstić information content (AvgIpc) is 3.12. The number of anilines is 2. The van der Waals surface area contributed by atoms with Crippen LogP contribution in [-0.2, 0) is 20.4 Å². The molecule has 0 atom stereocenters. The van der Waals surface area contributed by atoms with Crippen molar-refractivity contribution >= 4 is 39.9 Å². The minimum Gasteiger partial charge on any atom is -0.417 e. The minimum atomic E-state index is -2.65. The molecular weight excluding hydrogens is 728 g/mol. The van der Waals surface area contributed by atoms with Crippen LogP contribution in [0.2, 0.25) is 36.3 Å². The minimum absolute atomic E-state index is 0.0232. The van der Waals surface area contributed by atoms with E-state index in [9.17, 15) is 9.59 Å². The summed E-state index contributed by atoms with van der Waals surface area (Å²) in [5.74, 6) is 2.29. The van der Waals surface area contributed by atoms with Gasteiger partial charge in [-0.05, 0) is 122 Å². The van der Waals surface area contributed by atoms with Crippen molar-refractivity contribution in [1.82, 2.24) is 0 Å². The summed E-state index contributed by atoms with van der Waals surface area (Å²) < 4.78 is 22.0. The monoisotopic (exact) mass is 805 g/mol. The predicted molar refractivity (Wildman–Crippen MR) is 244 cm³/mol. The van der Waals surface area contributed by atoms with E-state index in [-0.39, 0.29) is 11.8 Å². The number of aryl methyl sites for hydroxylation is 1. The number of carbonyl (C=O) groups excluding carboxylic acids is 2. The zero-order valence-corrected chi connectivity index (χ0v) is 38.4. The van der Waals surface area contributed by atoms with Gasteiger partial charge in [-0.3, -0.25) is 9.59 Å². The molecule has 0 radical (unpaired) electrons. The maximum absolute atomic E-state index is 15.2. The van der Waals surface area contributed by atoms with E-state index in [2.05, 4.69) is 96.4 Å². The molecule has 2 amide bonds. The number of para-hydroxylation sites is 2. The number of benzene rings is 3. The largest absolute Gasteiger partial charge is 0.417 e. The Bertz CT molecular complexity index is 1440. The van der Waals surface area contributed by atoms with Crippen LogP contribution >= 0.6 is 0 Å². The lowest BCUT2D eigenvalue weighted by Crippen LogP contribution is -2.41. The van der Waals surface area contributed by atoms with Crippen LogP contribution in [0.4, 0.5) is 15.5 Å². The highest BCUT2D eigenvalue weighted by Crippen LogP contribution is 2.34. The second-order valence-electron chi connectivity index (χ2n) is 17.8. The Balaban J connectivity index is 0.000000413. The summed E-state index contributed by atoms with van der Waals surface area (Å²) in [5.41, 5.74) is 3.12. The summed E-state index contributed by atoms with van der Waals surface area (Å²) in [6.07, 6.45) is 8.10. The standard InChI is InChI=1S/C29H45NO2Si.C19H32FNOSi/c1-25(2)23-33(24-26(3)4,32-21-13-11-17-27-15-7-5-8-16-27)22-14-12-20-29(31)30-28-18-9-6-10-19-28;1-16(2)14-23(20,15-17(3)4)13-9-8-12-19(22)21-18-10-6-5-7-11-18/h5-10,15-16,18-19,25-26H,11-14,17,20-24H2,1-4H3,(H,30,31);5-7,10-11,16-17H,8-9,12-15H2,1-4H3,(H,21,22). The van der Waals surface area contributed by atoms with Gasteiger partial charge in [0.15, 0.2) is 8.32 Å². The predicted octanol–water partition coefficient (Wildman–Crippen LogP) is 14.1. The smallest absolute Gasteiger partial charge is 0.247 e. The third-order valence-electron chi connectivity index (χ3n) is 9.90. The molecule has 0 heterocycles. The number of carbonyl (C=O) groups is 2. The molecule has 0 aliphatic carbocycles. The Morgan fingerprint density at radius 1 is 0.536 bits per heavy atom. The lowest BCUT2D eigenvalue weighted by atomic mass is 10.1. The highest BCUT2D eigenvalue weighted by atomic mass is 28.4. The van der Waals surface area contributed by atoms with Crippen molar-refractivity contribution in [3.63, 3.8) is 0 Å². The highest BCUT2D eigenvalue weighted by Gasteiger charge is 2.36. The lowest BCUT2D eigenvalue weighted by Gasteiger charge is -2.35. The van der Waals surface area contributed by atoms with Gasteiger partial charge in [-0.15, -0.1) is 0 Å². The van der Waals surface area contributed by atoms with Gasteiger partial charge in [-0.1, -0.05) is 135 Å².